The molecule has 0 bridgehead atoms. The topological polar surface area (TPSA) is 178 Å². The summed E-state index contributed by atoms with van der Waals surface area (Å²) in [4.78, 5) is 12.8. The number of amides is 1. The lowest BCUT2D eigenvalue weighted by Crippen LogP contribution is -2.60. The average molecular weight is 788 g/mol. The highest BCUT2D eigenvalue weighted by atomic mass is 16.7. The number of ether oxygens (including phenoxy) is 3. The molecule has 1 amide bonds. The number of unbranched alkanes of at least 4 members (excludes halogenated alkanes) is 22. The molecule has 0 radical (unpaired) electrons. The van der Waals surface area contributed by atoms with Gasteiger partial charge in [0.2, 0.25) is 5.91 Å². The molecule has 5 unspecified atom stereocenters. The summed E-state index contributed by atoms with van der Waals surface area (Å²) >= 11 is 0. The van der Waals surface area contributed by atoms with E-state index in [1.165, 1.54) is 116 Å². The number of carbonyl (C=O) groups excluding carboxylic acids is 1. The maximum atomic E-state index is 12.8. The molecule has 55 heavy (non-hydrogen) atoms. The van der Waals surface area contributed by atoms with Crippen LogP contribution in [0.2, 0.25) is 0 Å². The fourth-order valence-electron chi connectivity index (χ4n) is 6.81. The van der Waals surface area contributed by atoms with Gasteiger partial charge in [-0.2, -0.15) is 0 Å². The van der Waals surface area contributed by atoms with Gasteiger partial charge in [0.05, 0.1) is 25.4 Å². The van der Waals surface area contributed by atoms with Crippen molar-refractivity contribution in [2.75, 3.05) is 26.9 Å². The van der Waals surface area contributed by atoms with Gasteiger partial charge in [0, 0.05) is 13.5 Å². The van der Waals surface area contributed by atoms with Crippen LogP contribution in [-0.2, 0) is 19.0 Å². The first-order valence-electron chi connectivity index (χ1n) is 22.1. The van der Waals surface area contributed by atoms with Crippen LogP contribution in [0.5, 0.6) is 0 Å². The van der Waals surface area contributed by atoms with Gasteiger partial charge in [-0.3, -0.25) is 4.79 Å². The molecule has 1 aliphatic heterocycles. The molecule has 1 saturated heterocycles. The molecule has 1 heterocycles. The Morgan fingerprint density at radius 1 is 0.691 bits per heavy atom. The quantitative estimate of drug-likeness (QED) is 0.0270. The number of nitrogens with one attached hydrogen (secondary N) is 1. The SMILES string of the molecule is CC#CCOC.CCCCCCCCCCCCCCCCCCCCCCCC(=O)N[C@H](COC1OC(CO)C(O)C(O)C1O)[C@H](O)[C@@H](O)CCCCC. The molecule has 0 aliphatic carbocycles. The third-order valence-electron chi connectivity index (χ3n) is 10.4. The van der Waals surface area contributed by atoms with E-state index in [4.69, 9.17) is 9.47 Å². The van der Waals surface area contributed by atoms with E-state index in [-0.39, 0.29) is 18.9 Å². The number of hydrogen-bond acceptors (Lipinski definition) is 10. The Hall–Kier alpha value is -1.33. The zero-order valence-corrected chi connectivity index (χ0v) is 35.4. The first-order chi connectivity index (χ1) is 26.7. The van der Waals surface area contributed by atoms with Crippen LogP contribution in [-0.4, -0.2) is 112 Å². The first-order valence-corrected chi connectivity index (χ1v) is 22.1. The Bertz CT molecular complexity index is 913. The van der Waals surface area contributed by atoms with Gasteiger partial charge in [-0.1, -0.05) is 167 Å². The Morgan fingerprint density at radius 3 is 1.56 bits per heavy atom. The number of aliphatic hydroxyl groups is 6. The van der Waals surface area contributed by atoms with E-state index in [1.54, 1.807) is 14.0 Å². The predicted molar refractivity (Wildman–Crippen MR) is 220 cm³/mol. The van der Waals surface area contributed by atoms with Crippen molar-refractivity contribution in [3.05, 3.63) is 0 Å². The third kappa shape index (κ3) is 28.7. The van der Waals surface area contributed by atoms with E-state index in [9.17, 15) is 35.4 Å². The highest BCUT2D eigenvalue weighted by molar-refractivity contribution is 5.76. The predicted octanol–water partition coefficient (Wildman–Crippen LogP) is 6.85. The van der Waals surface area contributed by atoms with Crippen molar-refractivity contribution < 1.29 is 49.6 Å². The minimum absolute atomic E-state index is 0.264. The Labute approximate surface area is 335 Å². The minimum Gasteiger partial charge on any atom is -0.394 e. The number of methoxy groups -OCH3 is 1. The molecule has 1 aliphatic rings. The molecule has 0 spiro atoms. The van der Waals surface area contributed by atoms with Crippen LogP contribution in [0.1, 0.15) is 188 Å². The van der Waals surface area contributed by atoms with E-state index in [1.807, 2.05) is 6.92 Å². The van der Waals surface area contributed by atoms with Gasteiger partial charge in [0.1, 0.15) is 37.1 Å². The van der Waals surface area contributed by atoms with Crippen molar-refractivity contribution >= 4 is 5.91 Å². The number of carbonyl (C=O) groups is 1. The fraction of sp³-hybridized carbons (Fsp3) is 0.932. The molecule has 11 heteroatoms. The van der Waals surface area contributed by atoms with Gasteiger partial charge >= 0.3 is 0 Å². The average Bonchev–Trinajstić information content (AvgIpc) is 3.18. The Balaban J connectivity index is 0.00000447. The normalized spacial score (nSPS) is 21.2. The zero-order valence-electron chi connectivity index (χ0n) is 35.4. The third-order valence-corrected chi connectivity index (χ3v) is 10.4. The van der Waals surface area contributed by atoms with Gasteiger partial charge in [-0.25, -0.2) is 0 Å². The summed E-state index contributed by atoms with van der Waals surface area (Å²) in [5, 5.41) is 64.1. The van der Waals surface area contributed by atoms with E-state index in [0.29, 0.717) is 13.0 Å². The summed E-state index contributed by atoms with van der Waals surface area (Å²) in [7, 11) is 1.63. The van der Waals surface area contributed by atoms with Crippen LogP contribution in [0, 0.1) is 11.8 Å². The molecular weight excluding hydrogens is 702 g/mol. The molecule has 0 aromatic rings. The van der Waals surface area contributed by atoms with Crippen LogP contribution in [0.25, 0.3) is 0 Å². The lowest BCUT2D eigenvalue weighted by Gasteiger charge is -2.40. The van der Waals surface area contributed by atoms with E-state index in [0.717, 1.165) is 38.5 Å². The largest absolute Gasteiger partial charge is 0.394 e. The second kappa shape index (κ2) is 38.2. The van der Waals surface area contributed by atoms with Crippen molar-refractivity contribution in [3.63, 3.8) is 0 Å². The molecule has 1 rings (SSSR count). The second-order valence-corrected chi connectivity index (χ2v) is 15.4. The van der Waals surface area contributed by atoms with Gasteiger partial charge in [0.25, 0.3) is 0 Å². The number of rotatable bonds is 34. The standard InChI is InChI=1S/C39H77NO9.C5H8O/c1-3-5-7-8-9-10-11-12-13-14-15-16-17-18-19-20-21-22-23-24-26-28-34(43)40-31(35(44)32(42)27-25-6-4-2)30-48-39-38(47)37(46)36(45)33(29-41)49-39;1-3-4-5-6-2/h31-33,35-39,41-42,44-47H,3-30H2,1-2H3,(H,40,43);5H2,1-2H3/t31-,32+,33?,35+,36?,37?,38?,39?;/m1./s1. The summed E-state index contributed by atoms with van der Waals surface area (Å²) in [5.41, 5.74) is 0. The van der Waals surface area contributed by atoms with Crippen molar-refractivity contribution in [1.82, 2.24) is 5.32 Å². The fourth-order valence-corrected chi connectivity index (χ4v) is 6.81. The lowest BCUT2D eigenvalue weighted by atomic mass is 9.99. The van der Waals surface area contributed by atoms with Gasteiger partial charge in [-0.05, 0) is 19.8 Å². The van der Waals surface area contributed by atoms with Crippen LogP contribution in [0.3, 0.4) is 0 Å². The van der Waals surface area contributed by atoms with Gasteiger partial charge in [0.15, 0.2) is 6.29 Å². The van der Waals surface area contributed by atoms with Crippen molar-refractivity contribution in [2.24, 2.45) is 0 Å². The smallest absolute Gasteiger partial charge is 0.220 e. The Morgan fingerprint density at radius 2 is 1.15 bits per heavy atom. The van der Waals surface area contributed by atoms with Crippen LogP contribution in [0.4, 0.5) is 0 Å². The summed E-state index contributed by atoms with van der Waals surface area (Å²) in [6.07, 6.45) is 20.8. The first kappa shape index (κ1) is 53.7. The van der Waals surface area contributed by atoms with Crippen molar-refractivity contribution in [1.29, 1.82) is 0 Å². The van der Waals surface area contributed by atoms with Crippen LogP contribution in [0.15, 0.2) is 0 Å². The van der Waals surface area contributed by atoms with Gasteiger partial charge in [-0.15, -0.1) is 5.92 Å². The molecule has 0 aromatic carbocycles. The molecule has 8 atom stereocenters. The maximum Gasteiger partial charge on any atom is 0.220 e. The number of aliphatic hydroxyl groups excluding tert-OH is 6. The highest BCUT2D eigenvalue weighted by Gasteiger charge is 2.44. The summed E-state index contributed by atoms with van der Waals surface area (Å²) < 4.78 is 15.6. The molecule has 1 fully saturated rings. The molecular formula is C44H85NO10. The molecule has 7 N–H and O–H groups in total. The minimum atomic E-state index is -1.60. The van der Waals surface area contributed by atoms with E-state index in [2.05, 4.69) is 28.8 Å². The van der Waals surface area contributed by atoms with Crippen LogP contribution >= 0.6 is 0 Å². The second-order valence-electron chi connectivity index (χ2n) is 15.4. The van der Waals surface area contributed by atoms with Gasteiger partial charge < -0.3 is 50.2 Å². The highest BCUT2D eigenvalue weighted by Crippen LogP contribution is 2.23. The van der Waals surface area contributed by atoms with Crippen LogP contribution < -0.4 is 5.32 Å². The molecule has 0 aromatic heterocycles. The molecule has 11 nitrogen and oxygen atoms in total. The molecule has 0 saturated carbocycles. The Kier molecular flexibility index (Phi) is 37.3. The van der Waals surface area contributed by atoms with E-state index < -0.39 is 55.6 Å². The van der Waals surface area contributed by atoms with Crippen molar-refractivity contribution in [2.45, 2.75) is 237 Å². The molecule has 326 valence electrons. The number of hydrogen-bond donors (Lipinski definition) is 7. The maximum absolute atomic E-state index is 12.8. The lowest BCUT2D eigenvalue weighted by molar-refractivity contribution is -0.303. The zero-order chi connectivity index (χ0) is 40.9. The summed E-state index contributed by atoms with van der Waals surface area (Å²) in [6.45, 7) is 5.76. The van der Waals surface area contributed by atoms with E-state index >= 15 is 0 Å². The van der Waals surface area contributed by atoms with Crippen molar-refractivity contribution in [3.8, 4) is 11.8 Å². The summed E-state index contributed by atoms with van der Waals surface area (Å²) in [6, 6.07) is -0.980. The monoisotopic (exact) mass is 788 g/mol. The summed E-state index contributed by atoms with van der Waals surface area (Å²) in [5.74, 6) is 5.16.